The molecule has 1 aromatic rings. The summed E-state index contributed by atoms with van der Waals surface area (Å²) >= 11 is 0. The highest BCUT2D eigenvalue weighted by Crippen LogP contribution is 2.45. The van der Waals surface area contributed by atoms with Crippen LogP contribution in [-0.4, -0.2) is 32.3 Å². The molecule has 0 bridgehead atoms. The lowest BCUT2D eigenvalue weighted by Crippen LogP contribution is -2.39. The Morgan fingerprint density at radius 2 is 1.56 bits per heavy atom. The van der Waals surface area contributed by atoms with Crippen molar-refractivity contribution in [2.45, 2.75) is 18.6 Å². The van der Waals surface area contributed by atoms with Gasteiger partial charge >= 0.3 is 0 Å². The molecule has 0 N–H and O–H groups in total. The van der Waals surface area contributed by atoms with Gasteiger partial charge in [0.25, 0.3) is 0 Å². The van der Waals surface area contributed by atoms with Gasteiger partial charge in [0.15, 0.2) is 5.79 Å². The van der Waals surface area contributed by atoms with Crippen molar-refractivity contribution in [1.82, 2.24) is 0 Å². The molecule has 2 rings (SSSR count). The third-order valence-electron chi connectivity index (χ3n) is 3.39. The minimum absolute atomic E-state index is 0.00326. The number of benzene rings is 1. The van der Waals surface area contributed by atoms with Gasteiger partial charge < -0.3 is 9.47 Å². The monoisotopic (exact) mass is 238 g/mol. The quantitative estimate of drug-likeness (QED) is 0.595. The molecule has 0 radical (unpaired) electrons. The number of methoxy groups -OCH3 is 2. The second kappa shape index (κ2) is 5.27. The molecule has 0 aliphatic carbocycles. The summed E-state index contributed by atoms with van der Waals surface area (Å²) in [5.41, 5.74) is 0. The van der Waals surface area contributed by atoms with Crippen molar-refractivity contribution in [2.24, 2.45) is 0 Å². The Balaban J connectivity index is 2.00. The number of ether oxygens (including phenoxy) is 2. The van der Waals surface area contributed by atoms with Crippen LogP contribution in [0.2, 0.25) is 0 Å². The van der Waals surface area contributed by atoms with Crippen LogP contribution in [0.15, 0.2) is 30.3 Å². The molecule has 1 fully saturated rings. The summed E-state index contributed by atoms with van der Waals surface area (Å²) in [6, 6.07) is 10.8. The highest BCUT2D eigenvalue weighted by molar-refractivity contribution is 7.65. The fourth-order valence-electron chi connectivity index (χ4n) is 2.24. The van der Waals surface area contributed by atoms with Crippen LogP contribution in [0.25, 0.3) is 0 Å². The highest BCUT2D eigenvalue weighted by Gasteiger charge is 2.35. The first-order chi connectivity index (χ1) is 7.79. The minimum atomic E-state index is -0.312. The van der Waals surface area contributed by atoms with Gasteiger partial charge in [0, 0.05) is 27.1 Å². The molecule has 0 aromatic heterocycles. The summed E-state index contributed by atoms with van der Waals surface area (Å²) in [7, 11) is 3.50. The SMILES string of the molecule is COC1(OC)CCP(c2ccccc2)CC1. The van der Waals surface area contributed by atoms with Gasteiger partial charge in [0.2, 0.25) is 0 Å². The van der Waals surface area contributed by atoms with E-state index in [0.29, 0.717) is 0 Å². The van der Waals surface area contributed by atoms with Gasteiger partial charge in [-0.1, -0.05) is 38.3 Å². The maximum absolute atomic E-state index is 5.50. The second-order valence-corrected chi connectivity index (χ2v) is 6.63. The molecule has 0 amide bonds. The standard InChI is InChI=1S/C13H19O2P/c1-14-13(15-2)8-10-16(11-9-13)12-6-4-3-5-7-12/h3-7H,8-11H2,1-2H3. The van der Waals surface area contributed by atoms with Gasteiger partial charge in [-0.3, -0.25) is 0 Å². The summed E-state index contributed by atoms with van der Waals surface area (Å²) < 4.78 is 11.0. The molecule has 1 aliphatic heterocycles. The van der Waals surface area contributed by atoms with Crippen LogP contribution in [0.5, 0.6) is 0 Å². The summed E-state index contributed by atoms with van der Waals surface area (Å²) in [6.45, 7) is 0. The van der Waals surface area contributed by atoms with Crippen LogP contribution in [0.4, 0.5) is 0 Å². The van der Waals surface area contributed by atoms with Crippen LogP contribution in [0.3, 0.4) is 0 Å². The van der Waals surface area contributed by atoms with E-state index in [1.807, 2.05) is 0 Å². The van der Waals surface area contributed by atoms with Gasteiger partial charge in [-0.2, -0.15) is 0 Å². The maximum Gasteiger partial charge on any atom is 0.168 e. The zero-order valence-corrected chi connectivity index (χ0v) is 10.9. The van der Waals surface area contributed by atoms with Gasteiger partial charge in [0.1, 0.15) is 0 Å². The van der Waals surface area contributed by atoms with Crippen LogP contribution in [-0.2, 0) is 9.47 Å². The van der Waals surface area contributed by atoms with Crippen molar-refractivity contribution in [3.05, 3.63) is 30.3 Å². The van der Waals surface area contributed by atoms with E-state index in [1.165, 1.54) is 17.6 Å². The predicted octanol–water partition coefficient (Wildman–Crippen LogP) is 2.58. The van der Waals surface area contributed by atoms with Crippen LogP contribution >= 0.6 is 7.92 Å². The molecule has 0 unspecified atom stereocenters. The van der Waals surface area contributed by atoms with E-state index in [1.54, 1.807) is 14.2 Å². The average molecular weight is 238 g/mol. The molecule has 88 valence electrons. The van der Waals surface area contributed by atoms with E-state index in [2.05, 4.69) is 30.3 Å². The maximum atomic E-state index is 5.50. The predicted molar refractivity (Wildman–Crippen MR) is 68.7 cm³/mol. The zero-order valence-electron chi connectivity index (χ0n) is 9.98. The van der Waals surface area contributed by atoms with Crippen molar-refractivity contribution in [3.63, 3.8) is 0 Å². The van der Waals surface area contributed by atoms with Gasteiger partial charge in [-0.05, 0) is 17.6 Å². The Bertz CT molecular complexity index is 312. The molecular formula is C13H19O2P. The third-order valence-corrected chi connectivity index (χ3v) is 5.95. The van der Waals surface area contributed by atoms with E-state index in [9.17, 15) is 0 Å². The van der Waals surface area contributed by atoms with Crippen molar-refractivity contribution < 1.29 is 9.47 Å². The smallest absolute Gasteiger partial charge is 0.168 e. The zero-order chi connectivity index (χ0) is 11.4. The Kier molecular flexibility index (Phi) is 3.96. The lowest BCUT2D eigenvalue weighted by molar-refractivity contribution is -0.210. The summed E-state index contributed by atoms with van der Waals surface area (Å²) in [4.78, 5) is 0. The fraction of sp³-hybridized carbons (Fsp3) is 0.538. The second-order valence-electron chi connectivity index (χ2n) is 4.14. The van der Waals surface area contributed by atoms with Crippen molar-refractivity contribution in [3.8, 4) is 0 Å². The van der Waals surface area contributed by atoms with Crippen LogP contribution in [0, 0.1) is 0 Å². The average Bonchev–Trinajstić information content (AvgIpc) is 2.40. The molecule has 0 atom stereocenters. The molecular weight excluding hydrogens is 219 g/mol. The lowest BCUT2D eigenvalue weighted by Gasteiger charge is -2.38. The largest absolute Gasteiger partial charge is 0.353 e. The molecule has 0 spiro atoms. The van der Waals surface area contributed by atoms with E-state index < -0.39 is 0 Å². The van der Waals surface area contributed by atoms with Crippen molar-refractivity contribution in [2.75, 3.05) is 26.5 Å². The van der Waals surface area contributed by atoms with E-state index in [4.69, 9.17) is 9.47 Å². The first-order valence-electron chi connectivity index (χ1n) is 5.70. The number of rotatable bonds is 3. The van der Waals surface area contributed by atoms with Gasteiger partial charge in [-0.25, -0.2) is 0 Å². The number of hydrogen-bond donors (Lipinski definition) is 0. The molecule has 1 aromatic carbocycles. The van der Waals surface area contributed by atoms with E-state index >= 15 is 0 Å². The van der Waals surface area contributed by atoms with Gasteiger partial charge in [-0.15, -0.1) is 0 Å². The molecule has 1 heterocycles. The van der Waals surface area contributed by atoms with Gasteiger partial charge in [0.05, 0.1) is 0 Å². The first-order valence-corrected chi connectivity index (χ1v) is 7.41. The Morgan fingerprint density at radius 3 is 2.06 bits per heavy atom. The first kappa shape index (κ1) is 12.0. The third kappa shape index (κ3) is 2.45. The molecule has 2 nitrogen and oxygen atoms in total. The summed E-state index contributed by atoms with van der Waals surface area (Å²) in [5, 5.41) is 1.51. The van der Waals surface area contributed by atoms with Crippen molar-refractivity contribution in [1.29, 1.82) is 0 Å². The fourth-order valence-corrected chi connectivity index (χ4v) is 4.79. The van der Waals surface area contributed by atoms with Crippen LogP contribution < -0.4 is 5.30 Å². The highest BCUT2D eigenvalue weighted by atomic mass is 31.1. The summed E-state index contributed by atoms with van der Waals surface area (Å²) in [5.74, 6) is -0.312. The summed E-state index contributed by atoms with van der Waals surface area (Å²) in [6.07, 6.45) is 4.45. The molecule has 1 aliphatic rings. The van der Waals surface area contributed by atoms with Crippen LogP contribution in [0.1, 0.15) is 12.8 Å². The molecule has 0 saturated carbocycles. The molecule has 3 heteroatoms. The Labute approximate surface area is 98.7 Å². The molecule has 16 heavy (non-hydrogen) atoms. The Morgan fingerprint density at radius 1 is 1.00 bits per heavy atom. The minimum Gasteiger partial charge on any atom is -0.353 e. The van der Waals surface area contributed by atoms with Crippen molar-refractivity contribution >= 4 is 13.2 Å². The van der Waals surface area contributed by atoms with E-state index in [0.717, 1.165) is 12.8 Å². The Hall–Kier alpha value is -0.430. The topological polar surface area (TPSA) is 18.5 Å². The normalized spacial score (nSPS) is 20.9. The molecule has 1 saturated heterocycles. The van der Waals surface area contributed by atoms with E-state index in [-0.39, 0.29) is 13.7 Å². The number of hydrogen-bond acceptors (Lipinski definition) is 2. The lowest BCUT2D eigenvalue weighted by atomic mass is 10.1.